The molecule has 0 amide bonds. The van der Waals surface area contributed by atoms with Gasteiger partial charge >= 0.3 is 0 Å². The first kappa shape index (κ1) is 21.5. The number of fused-ring (bicyclic) bond motifs is 1. The average Bonchev–Trinajstić information content (AvgIpc) is 3.22. The summed E-state index contributed by atoms with van der Waals surface area (Å²) < 4.78 is 8.00. The maximum Gasteiger partial charge on any atom is 0.234 e. The minimum Gasteiger partial charge on any atom is -0.438 e. The highest BCUT2D eigenvalue weighted by Crippen LogP contribution is 2.32. The van der Waals surface area contributed by atoms with Gasteiger partial charge in [0, 0.05) is 43.2 Å². The monoisotopic (exact) mass is 449 g/mol. The first-order valence-corrected chi connectivity index (χ1v) is 11.0. The van der Waals surface area contributed by atoms with Crippen molar-refractivity contribution in [2.75, 3.05) is 0 Å². The molecule has 5 rings (SSSR count). The maximum atomic E-state index is 12.8. The van der Waals surface area contributed by atoms with Gasteiger partial charge in [-0.2, -0.15) is 10.1 Å². The molecule has 2 aromatic carbocycles. The van der Waals surface area contributed by atoms with Gasteiger partial charge < -0.3 is 4.74 Å². The molecule has 0 fully saturated rings. The van der Waals surface area contributed by atoms with Gasteiger partial charge in [-0.1, -0.05) is 35.9 Å². The molecule has 0 N–H and O–H groups in total. The average molecular weight is 450 g/mol. The van der Waals surface area contributed by atoms with Gasteiger partial charge in [0.15, 0.2) is 17.3 Å². The molecule has 0 aliphatic rings. The molecule has 7 nitrogen and oxygen atoms in total. The minimum absolute atomic E-state index is 0.0650. The minimum atomic E-state index is 0.0650. The Morgan fingerprint density at radius 3 is 2.62 bits per heavy atom. The molecule has 0 bridgehead atoms. The van der Waals surface area contributed by atoms with Crippen LogP contribution in [0.15, 0.2) is 73.2 Å². The first-order chi connectivity index (χ1) is 16.5. The van der Waals surface area contributed by atoms with Crippen LogP contribution >= 0.6 is 0 Å². The second-order valence-electron chi connectivity index (χ2n) is 8.30. The second kappa shape index (κ2) is 8.86. The van der Waals surface area contributed by atoms with E-state index in [1.807, 2.05) is 81.7 Å². The highest BCUT2D eigenvalue weighted by Gasteiger charge is 2.16. The van der Waals surface area contributed by atoms with E-state index in [2.05, 4.69) is 20.1 Å². The van der Waals surface area contributed by atoms with Crippen LogP contribution in [0.3, 0.4) is 0 Å². The summed E-state index contributed by atoms with van der Waals surface area (Å²) in [5.74, 6) is 1.62. The summed E-state index contributed by atoms with van der Waals surface area (Å²) in [5.41, 5.74) is 4.95. The van der Waals surface area contributed by atoms with Crippen molar-refractivity contribution in [1.29, 1.82) is 0 Å². The number of aryl methyl sites for hydroxylation is 3. The van der Waals surface area contributed by atoms with Crippen LogP contribution in [0.25, 0.3) is 22.4 Å². The predicted molar refractivity (Wildman–Crippen MR) is 130 cm³/mol. The molecule has 0 aliphatic carbocycles. The van der Waals surface area contributed by atoms with Gasteiger partial charge in [-0.15, -0.1) is 0 Å². The molecule has 0 radical (unpaired) electrons. The molecular formula is C27H23N5O2. The number of hydrogen-bond donors (Lipinski definition) is 0. The fraction of sp³-hybridized carbons (Fsp3) is 0.148. The molecule has 0 aliphatic heterocycles. The molecule has 0 unspecified atom stereocenters. The molecule has 34 heavy (non-hydrogen) atoms. The molecule has 168 valence electrons. The van der Waals surface area contributed by atoms with Crippen LogP contribution in [0.4, 0.5) is 0 Å². The van der Waals surface area contributed by atoms with Crippen LogP contribution in [0.5, 0.6) is 11.6 Å². The number of rotatable bonds is 6. The number of hydrogen-bond acceptors (Lipinski definition) is 6. The van der Waals surface area contributed by atoms with Gasteiger partial charge in [0.2, 0.25) is 5.88 Å². The van der Waals surface area contributed by atoms with Crippen LogP contribution in [0.2, 0.25) is 0 Å². The van der Waals surface area contributed by atoms with Crippen molar-refractivity contribution in [3.8, 4) is 23.0 Å². The molecule has 0 spiro atoms. The number of benzene rings is 2. The van der Waals surface area contributed by atoms with Crippen molar-refractivity contribution in [2.45, 2.75) is 20.3 Å². The molecule has 5 aromatic rings. The van der Waals surface area contributed by atoms with E-state index in [0.29, 0.717) is 34.1 Å². The summed E-state index contributed by atoms with van der Waals surface area (Å²) in [4.78, 5) is 26.2. The number of aromatic nitrogens is 5. The summed E-state index contributed by atoms with van der Waals surface area (Å²) in [5, 5.41) is 5.16. The van der Waals surface area contributed by atoms with Crippen molar-refractivity contribution in [2.24, 2.45) is 7.05 Å². The van der Waals surface area contributed by atoms with Crippen molar-refractivity contribution >= 4 is 16.8 Å². The van der Waals surface area contributed by atoms with Gasteiger partial charge in [-0.3, -0.25) is 14.5 Å². The molecule has 0 saturated heterocycles. The van der Waals surface area contributed by atoms with Gasteiger partial charge in [-0.25, -0.2) is 4.98 Å². The predicted octanol–water partition coefficient (Wildman–Crippen LogP) is 5.26. The van der Waals surface area contributed by atoms with E-state index >= 15 is 0 Å². The summed E-state index contributed by atoms with van der Waals surface area (Å²) in [7, 11) is 1.83. The number of Topliss-reactive ketones (excluding diaryl/α,β-unsaturated/α-hetero) is 1. The van der Waals surface area contributed by atoms with Gasteiger partial charge in [-0.05, 0) is 49.2 Å². The van der Waals surface area contributed by atoms with E-state index in [9.17, 15) is 4.79 Å². The Morgan fingerprint density at radius 1 is 1.00 bits per heavy atom. The molecule has 3 heterocycles. The first-order valence-electron chi connectivity index (χ1n) is 11.0. The fourth-order valence-corrected chi connectivity index (χ4v) is 3.77. The lowest BCUT2D eigenvalue weighted by Gasteiger charge is -2.12. The highest BCUT2D eigenvalue weighted by atomic mass is 16.5. The summed E-state index contributed by atoms with van der Waals surface area (Å²) in [6, 6.07) is 17.1. The lowest BCUT2D eigenvalue weighted by atomic mass is 10.0. The number of nitrogens with zero attached hydrogens (tertiary/aromatic N) is 5. The number of ether oxygens (including phenoxy) is 1. The SMILES string of the molecule is Cc1cccc(C(=O)Cc2ccc(C)c(Oc3nc(-c4ccncc4)nc4nn(C)cc34)c2)c1. The normalized spacial score (nSPS) is 11.0. The van der Waals surface area contributed by atoms with E-state index < -0.39 is 0 Å². The molecule has 7 heteroatoms. The zero-order valence-electron chi connectivity index (χ0n) is 19.2. The Bertz CT molecular complexity index is 1510. The van der Waals surface area contributed by atoms with Crippen molar-refractivity contribution < 1.29 is 9.53 Å². The quantitative estimate of drug-likeness (QED) is 0.329. The number of carbonyl (C=O) groups is 1. The highest BCUT2D eigenvalue weighted by molar-refractivity contribution is 5.97. The van der Waals surface area contributed by atoms with E-state index in [1.54, 1.807) is 17.1 Å². The molecule has 3 aromatic heterocycles. The Hall–Kier alpha value is -4.39. The lowest BCUT2D eigenvalue weighted by Crippen LogP contribution is -2.04. The van der Waals surface area contributed by atoms with E-state index in [-0.39, 0.29) is 12.2 Å². The van der Waals surface area contributed by atoms with Crippen LogP contribution in [0, 0.1) is 13.8 Å². The van der Waals surface area contributed by atoms with Crippen LogP contribution in [-0.2, 0) is 13.5 Å². The standard InChI is InChI=1S/C27H23N5O2/c1-17-5-4-6-21(13-17)23(33)14-19-8-7-18(2)24(15-19)34-27-22-16-32(3)31-26(22)29-25(30-27)20-9-11-28-12-10-20/h4-13,15-16H,14H2,1-3H3. The van der Waals surface area contributed by atoms with E-state index in [0.717, 1.165) is 22.3 Å². The Kier molecular flexibility index (Phi) is 5.59. The second-order valence-corrected chi connectivity index (χ2v) is 8.30. The molecule has 0 saturated carbocycles. The van der Waals surface area contributed by atoms with Crippen LogP contribution < -0.4 is 4.74 Å². The smallest absolute Gasteiger partial charge is 0.234 e. The summed E-state index contributed by atoms with van der Waals surface area (Å²) in [6.07, 6.45) is 5.51. The van der Waals surface area contributed by atoms with E-state index in [1.165, 1.54) is 0 Å². The Morgan fingerprint density at radius 2 is 1.82 bits per heavy atom. The van der Waals surface area contributed by atoms with E-state index in [4.69, 9.17) is 4.74 Å². The Balaban J connectivity index is 1.49. The summed E-state index contributed by atoms with van der Waals surface area (Å²) >= 11 is 0. The van der Waals surface area contributed by atoms with Gasteiger partial charge in [0.1, 0.15) is 11.1 Å². The number of ketones is 1. The topological polar surface area (TPSA) is 82.8 Å². The zero-order chi connectivity index (χ0) is 23.7. The third-order valence-corrected chi connectivity index (χ3v) is 5.56. The molecular weight excluding hydrogens is 426 g/mol. The zero-order valence-corrected chi connectivity index (χ0v) is 19.2. The third-order valence-electron chi connectivity index (χ3n) is 5.56. The Labute approximate surface area is 197 Å². The number of pyridine rings is 1. The van der Waals surface area contributed by atoms with Crippen molar-refractivity contribution in [3.05, 3.63) is 95.4 Å². The van der Waals surface area contributed by atoms with Crippen molar-refractivity contribution in [1.82, 2.24) is 24.7 Å². The lowest BCUT2D eigenvalue weighted by molar-refractivity contribution is 0.0993. The third kappa shape index (κ3) is 4.41. The van der Waals surface area contributed by atoms with Crippen LogP contribution in [0.1, 0.15) is 27.0 Å². The van der Waals surface area contributed by atoms with Crippen molar-refractivity contribution in [3.63, 3.8) is 0 Å². The van der Waals surface area contributed by atoms with Gasteiger partial charge in [0.05, 0.1) is 0 Å². The summed E-state index contributed by atoms with van der Waals surface area (Å²) in [6.45, 7) is 3.95. The fourth-order valence-electron chi connectivity index (χ4n) is 3.77. The molecule has 0 atom stereocenters. The van der Waals surface area contributed by atoms with Crippen LogP contribution in [-0.4, -0.2) is 30.5 Å². The maximum absolute atomic E-state index is 12.8. The number of carbonyl (C=O) groups excluding carboxylic acids is 1. The largest absolute Gasteiger partial charge is 0.438 e. The van der Waals surface area contributed by atoms with Gasteiger partial charge in [0.25, 0.3) is 0 Å².